The van der Waals surface area contributed by atoms with E-state index in [1.54, 1.807) is 6.08 Å². The third kappa shape index (κ3) is 61.0. The van der Waals surface area contributed by atoms with Gasteiger partial charge in [-0.2, -0.15) is 0 Å². The molecule has 3 atom stereocenters. The lowest BCUT2D eigenvalue weighted by Crippen LogP contribution is -2.45. The van der Waals surface area contributed by atoms with Gasteiger partial charge in [0, 0.05) is 6.42 Å². The summed E-state index contributed by atoms with van der Waals surface area (Å²) in [5, 5.41) is 13.9. The van der Waals surface area contributed by atoms with Crippen molar-refractivity contribution in [2.75, 3.05) is 40.9 Å². The van der Waals surface area contributed by atoms with Gasteiger partial charge < -0.3 is 19.8 Å². The summed E-state index contributed by atoms with van der Waals surface area (Å²) in [6, 6.07) is -0.849. The number of hydrogen-bond acceptors (Lipinski definition) is 5. The molecule has 0 aromatic carbocycles. The molecule has 0 heterocycles. The minimum Gasteiger partial charge on any atom is -0.387 e. The molecule has 0 aliphatic rings. The number of aliphatic hydroxyl groups excluding tert-OH is 1. The standard InChI is InChI=1S/C69H125N2O6P/c1-6-8-10-12-14-16-18-20-22-23-24-25-26-27-28-29-30-31-32-33-34-35-36-37-38-39-40-41-42-43-44-45-46-47-49-51-53-55-57-59-61-63-69(73)70-67(66-77-78(74,75)76-65-64-71(3,4)5)68(72)62-60-58-56-54-52-50-48-21-19-17-15-13-11-9-7-2/h8,10,14,16,20,22,24-25,27-28,30-31,33-34,60,62,67-68,72H,6-7,9,11-13,15,17-19,21,23,26,29,32,35-59,61,63-66H2,1-5H3,(H-,70,73,74,75)/p+1/b10-8-,16-14-,22-20-,25-24-,28-27-,31-30-,34-33-,62-60+. The molecule has 0 aliphatic heterocycles. The van der Waals surface area contributed by atoms with Crippen molar-refractivity contribution in [1.29, 1.82) is 0 Å². The molecule has 1 amide bonds. The number of hydrogen-bond donors (Lipinski definition) is 3. The first kappa shape index (κ1) is 75.4. The molecule has 0 aliphatic carbocycles. The van der Waals surface area contributed by atoms with Gasteiger partial charge in [-0.25, -0.2) is 4.57 Å². The summed E-state index contributed by atoms with van der Waals surface area (Å²) in [7, 11) is 1.57. The summed E-state index contributed by atoms with van der Waals surface area (Å²) in [6.45, 7) is 4.71. The van der Waals surface area contributed by atoms with Crippen LogP contribution >= 0.6 is 7.82 Å². The van der Waals surface area contributed by atoms with Crippen molar-refractivity contribution in [2.24, 2.45) is 0 Å². The summed E-state index contributed by atoms with van der Waals surface area (Å²) >= 11 is 0. The number of nitrogens with one attached hydrogen (secondary N) is 1. The van der Waals surface area contributed by atoms with Crippen molar-refractivity contribution in [3.05, 3.63) is 97.2 Å². The second kappa shape index (κ2) is 59.1. The van der Waals surface area contributed by atoms with Gasteiger partial charge in [-0.15, -0.1) is 0 Å². The lowest BCUT2D eigenvalue weighted by Gasteiger charge is -2.25. The molecule has 78 heavy (non-hydrogen) atoms. The minimum absolute atomic E-state index is 0.0603. The Morgan fingerprint density at radius 3 is 1.13 bits per heavy atom. The summed E-state index contributed by atoms with van der Waals surface area (Å²) in [6.07, 6.45) is 85.4. The molecule has 452 valence electrons. The van der Waals surface area contributed by atoms with E-state index in [2.05, 4.69) is 104 Å². The lowest BCUT2D eigenvalue weighted by molar-refractivity contribution is -0.870. The zero-order chi connectivity index (χ0) is 57.0. The number of amides is 1. The summed E-state index contributed by atoms with van der Waals surface area (Å²) in [4.78, 5) is 23.3. The Morgan fingerprint density at radius 1 is 0.449 bits per heavy atom. The Balaban J connectivity index is 3.95. The van der Waals surface area contributed by atoms with Gasteiger partial charge in [-0.05, 0) is 77.0 Å². The molecule has 3 unspecified atom stereocenters. The normalized spacial score (nSPS) is 14.4. The Hall–Kier alpha value is -2.58. The second-order valence-electron chi connectivity index (χ2n) is 23.1. The third-order valence-electron chi connectivity index (χ3n) is 14.3. The van der Waals surface area contributed by atoms with Gasteiger partial charge in [-0.1, -0.05) is 297 Å². The number of aliphatic hydroxyl groups is 1. The number of rotatable bonds is 59. The van der Waals surface area contributed by atoms with Crippen LogP contribution in [-0.2, 0) is 18.4 Å². The van der Waals surface area contributed by atoms with E-state index < -0.39 is 20.0 Å². The van der Waals surface area contributed by atoms with Crippen LogP contribution in [0.3, 0.4) is 0 Å². The molecule has 3 N–H and O–H groups in total. The smallest absolute Gasteiger partial charge is 0.387 e. The van der Waals surface area contributed by atoms with E-state index in [1.165, 1.54) is 180 Å². The van der Waals surface area contributed by atoms with Crippen molar-refractivity contribution >= 4 is 13.7 Å². The van der Waals surface area contributed by atoms with Crippen LogP contribution in [0.4, 0.5) is 0 Å². The Kier molecular flexibility index (Phi) is 57.1. The van der Waals surface area contributed by atoms with Crippen molar-refractivity contribution in [2.45, 2.75) is 296 Å². The number of likely N-dealkylation sites (N-methyl/N-ethyl adjacent to an activating group) is 1. The molecule has 0 aromatic heterocycles. The van der Waals surface area contributed by atoms with Gasteiger partial charge in [0.05, 0.1) is 39.9 Å². The molecule has 0 fully saturated rings. The zero-order valence-electron chi connectivity index (χ0n) is 51.6. The van der Waals surface area contributed by atoms with E-state index in [9.17, 15) is 19.4 Å². The number of phosphoric ester groups is 1. The highest BCUT2D eigenvalue weighted by atomic mass is 31.2. The Morgan fingerprint density at radius 2 is 0.769 bits per heavy atom. The third-order valence-corrected chi connectivity index (χ3v) is 15.3. The van der Waals surface area contributed by atoms with Crippen LogP contribution < -0.4 is 5.32 Å². The highest BCUT2D eigenvalue weighted by Gasteiger charge is 2.27. The monoisotopic (exact) mass is 1110 g/mol. The maximum Gasteiger partial charge on any atom is 0.472 e. The van der Waals surface area contributed by atoms with E-state index >= 15 is 0 Å². The molecular weight excluding hydrogens is 984 g/mol. The average Bonchev–Trinajstić information content (AvgIpc) is 3.41. The predicted octanol–water partition coefficient (Wildman–Crippen LogP) is 20.5. The fourth-order valence-electron chi connectivity index (χ4n) is 9.26. The lowest BCUT2D eigenvalue weighted by atomic mass is 10.0. The predicted molar refractivity (Wildman–Crippen MR) is 341 cm³/mol. The number of allylic oxidation sites excluding steroid dienone is 15. The molecule has 0 aromatic rings. The molecule has 9 heteroatoms. The van der Waals surface area contributed by atoms with Gasteiger partial charge in [-0.3, -0.25) is 13.8 Å². The van der Waals surface area contributed by atoms with E-state index in [1.807, 2.05) is 27.2 Å². The number of unbranched alkanes of at least 4 members (excludes halogenated alkanes) is 32. The van der Waals surface area contributed by atoms with Crippen LogP contribution in [0.15, 0.2) is 97.2 Å². The van der Waals surface area contributed by atoms with Crippen LogP contribution in [-0.4, -0.2) is 73.4 Å². The number of nitrogens with zero attached hydrogens (tertiary/aromatic N) is 1. The van der Waals surface area contributed by atoms with E-state index in [4.69, 9.17) is 9.05 Å². The van der Waals surface area contributed by atoms with Gasteiger partial charge in [0.25, 0.3) is 0 Å². The van der Waals surface area contributed by atoms with Crippen LogP contribution in [0.1, 0.15) is 284 Å². The Labute approximate surface area is 483 Å². The molecule has 0 saturated heterocycles. The largest absolute Gasteiger partial charge is 0.472 e. The number of carbonyl (C=O) groups is 1. The average molecular weight is 1110 g/mol. The van der Waals surface area contributed by atoms with E-state index in [0.29, 0.717) is 17.4 Å². The first-order chi connectivity index (χ1) is 38.0. The summed E-state index contributed by atoms with van der Waals surface area (Å²) in [5.74, 6) is -0.176. The molecule has 0 spiro atoms. The van der Waals surface area contributed by atoms with Crippen molar-refractivity contribution < 1.29 is 32.9 Å². The first-order valence-corrected chi connectivity index (χ1v) is 34.1. The highest BCUT2D eigenvalue weighted by molar-refractivity contribution is 7.47. The van der Waals surface area contributed by atoms with E-state index in [-0.39, 0.29) is 19.1 Å². The quantitative estimate of drug-likeness (QED) is 0.0243. The van der Waals surface area contributed by atoms with Gasteiger partial charge >= 0.3 is 7.82 Å². The minimum atomic E-state index is -4.35. The molecular formula is C69H126N2O6P+. The highest BCUT2D eigenvalue weighted by Crippen LogP contribution is 2.43. The summed E-state index contributed by atoms with van der Waals surface area (Å²) < 4.78 is 23.7. The SMILES string of the molecule is CC/C=C\C/C=C\C/C=C\C/C=C\C/C=C\C/C=C\C/C=C\CCCCCCCCCCCCCCCCCCCCCC(=O)NC(COP(=O)(O)OCC[N+](C)(C)C)C(O)/C=C/CCCCCCCCCCCCCCC. The second-order valence-corrected chi connectivity index (χ2v) is 24.6. The maximum absolute atomic E-state index is 13.0. The van der Waals surface area contributed by atoms with Crippen molar-refractivity contribution in [3.8, 4) is 0 Å². The molecule has 0 rings (SSSR count). The zero-order valence-corrected chi connectivity index (χ0v) is 52.5. The molecule has 8 nitrogen and oxygen atoms in total. The maximum atomic E-state index is 13.0. The summed E-state index contributed by atoms with van der Waals surface area (Å²) in [5.41, 5.74) is 0. The fourth-order valence-corrected chi connectivity index (χ4v) is 10.00. The molecule has 0 radical (unpaired) electrons. The van der Waals surface area contributed by atoms with Crippen molar-refractivity contribution in [3.63, 3.8) is 0 Å². The van der Waals surface area contributed by atoms with Crippen LogP contribution in [0.2, 0.25) is 0 Å². The number of carbonyl (C=O) groups excluding carboxylic acids is 1. The van der Waals surface area contributed by atoms with Crippen molar-refractivity contribution in [1.82, 2.24) is 5.32 Å². The van der Waals surface area contributed by atoms with Gasteiger partial charge in [0.1, 0.15) is 13.2 Å². The topological polar surface area (TPSA) is 105 Å². The molecule has 0 saturated carbocycles. The first-order valence-electron chi connectivity index (χ1n) is 32.6. The van der Waals surface area contributed by atoms with Crippen LogP contribution in [0, 0.1) is 0 Å². The molecule has 0 bridgehead atoms. The van der Waals surface area contributed by atoms with Gasteiger partial charge in [0.2, 0.25) is 5.91 Å². The van der Waals surface area contributed by atoms with Crippen LogP contribution in [0.25, 0.3) is 0 Å². The number of phosphoric acid groups is 1. The van der Waals surface area contributed by atoms with Crippen LogP contribution in [0.5, 0.6) is 0 Å². The Bertz CT molecular complexity index is 1590. The van der Waals surface area contributed by atoms with E-state index in [0.717, 1.165) is 83.5 Å². The van der Waals surface area contributed by atoms with Gasteiger partial charge in [0.15, 0.2) is 0 Å². The fraction of sp³-hybridized carbons (Fsp3) is 0.754. The number of quaternary nitrogens is 1.